The molecule has 4 nitrogen and oxygen atoms in total. The van der Waals surface area contributed by atoms with Crippen LogP contribution < -0.4 is 4.90 Å². The van der Waals surface area contributed by atoms with E-state index >= 15 is 0 Å². The van der Waals surface area contributed by atoms with Crippen LogP contribution in [0.4, 0.5) is 10.1 Å². The van der Waals surface area contributed by atoms with E-state index in [-0.39, 0.29) is 11.7 Å². The number of piperazine rings is 1. The Morgan fingerprint density at radius 2 is 1.80 bits per heavy atom. The molecule has 0 bridgehead atoms. The number of nitrogens with zero attached hydrogens (tertiary/aromatic N) is 2. The van der Waals surface area contributed by atoms with E-state index in [1.807, 2.05) is 4.90 Å². The number of ketones is 1. The summed E-state index contributed by atoms with van der Waals surface area (Å²) < 4.78 is 15.1. The summed E-state index contributed by atoms with van der Waals surface area (Å²) in [4.78, 5) is 27.4. The van der Waals surface area contributed by atoms with E-state index in [9.17, 15) is 14.0 Å². The van der Waals surface area contributed by atoms with Gasteiger partial charge in [0.25, 0.3) is 5.91 Å². The molecule has 1 aromatic heterocycles. The second kappa shape index (κ2) is 7.32. The Bertz CT molecular complexity index is 832. The molecule has 1 amide bonds. The molecule has 0 radical (unpaired) electrons. The minimum absolute atomic E-state index is 0.166. The molecule has 25 heavy (non-hydrogen) atoms. The lowest BCUT2D eigenvalue weighted by Gasteiger charge is -2.36. The highest BCUT2D eigenvalue weighted by Gasteiger charge is 2.26. The van der Waals surface area contributed by atoms with Crippen LogP contribution in [0.5, 0.6) is 0 Å². The highest BCUT2D eigenvalue weighted by atomic mass is 35.5. The highest BCUT2D eigenvalue weighted by Crippen LogP contribution is 2.32. The smallest absolute Gasteiger partial charge is 0.256 e. The summed E-state index contributed by atoms with van der Waals surface area (Å²) >= 11 is 13.1. The van der Waals surface area contributed by atoms with Crippen LogP contribution in [-0.4, -0.2) is 42.8 Å². The van der Waals surface area contributed by atoms with Crippen molar-refractivity contribution in [3.8, 4) is 0 Å². The normalized spacial score (nSPS) is 14.7. The van der Waals surface area contributed by atoms with Crippen molar-refractivity contribution in [2.75, 3.05) is 31.1 Å². The van der Waals surface area contributed by atoms with Gasteiger partial charge < -0.3 is 9.80 Å². The van der Waals surface area contributed by atoms with Crippen LogP contribution in [-0.2, 0) is 0 Å². The lowest BCUT2D eigenvalue weighted by molar-refractivity contribution is 0.0747. The van der Waals surface area contributed by atoms with Gasteiger partial charge in [0.15, 0.2) is 5.78 Å². The van der Waals surface area contributed by atoms with E-state index < -0.39 is 5.82 Å². The van der Waals surface area contributed by atoms with Gasteiger partial charge in [-0.25, -0.2) is 4.39 Å². The lowest BCUT2D eigenvalue weighted by Crippen LogP contribution is -2.49. The van der Waals surface area contributed by atoms with Crippen molar-refractivity contribution < 1.29 is 14.0 Å². The number of hydrogen-bond donors (Lipinski definition) is 0. The van der Waals surface area contributed by atoms with E-state index in [1.54, 1.807) is 23.1 Å². The van der Waals surface area contributed by atoms with Gasteiger partial charge in [-0.05, 0) is 31.2 Å². The Labute approximate surface area is 158 Å². The summed E-state index contributed by atoms with van der Waals surface area (Å²) in [5.74, 6) is -0.771. The summed E-state index contributed by atoms with van der Waals surface area (Å²) in [5.41, 5.74) is 1.19. The molecule has 1 aliphatic rings. The van der Waals surface area contributed by atoms with E-state index in [2.05, 4.69) is 0 Å². The number of carbonyl (C=O) groups is 2. The molecule has 0 saturated carbocycles. The molecule has 3 rings (SSSR count). The number of carbonyl (C=O) groups excluding carboxylic acids is 2. The standard InChI is InChI=1S/C17H15Cl2FN2O2S/c1-10(23)11-2-3-14(13(20)8-11)21-4-6-22(7-5-21)17(24)12-9-15(18)25-16(12)19/h2-3,8-9H,4-7H2,1H3. The molecule has 2 aromatic rings. The van der Waals surface area contributed by atoms with Gasteiger partial charge in [0.05, 0.1) is 15.6 Å². The Morgan fingerprint density at radius 3 is 2.32 bits per heavy atom. The Kier molecular flexibility index (Phi) is 5.32. The molecule has 1 fully saturated rings. The minimum atomic E-state index is -0.430. The maximum atomic E-state index is 14.3. The van der Waals surface area contributed by atoms with Gasteiger partial charge >= 0.3 is 0 Å². The molecule has 1 aliphatic heterocycles. The molecule has 132 valence electrons. The largest absolute Gasteiger partial charge is 0.366 e. The Morgan fingerprint density at radius 1 is 1.12 bits per heavy atom. The van der Waals surface area contributed by atoms with E-state index in [0.29, 0.717) is 51.7 Å². The molecular formula is C17H15Cl2FN2O2S. The maximum absolute atomic E-state index is 14.3. The van der Waals surface area contributed by atoms with Gasteiger partial charge in [0, 0.05) is 31.7 Å². The zero-order chi connectivity index (χ0) is 18.1. The molecule has 0 aliphatic carbocycles. The number of rotatable bonds is 3. The van der Waals surface area contributed by atoms with Gasteiger partial charge in [-0.2, -0.15) is 0 Å². The lowest BCUT2D eigenvalue weighted by atomic mass is 10.1. The van der Waals surface area contributed by atoms with Gasteiger partial charge in [-0.15, -0.1) is 11.3 Å². The molecule has 0 atom stereocenters. The monoisotopic (exact) mass is 400 g/mol. The second-order valence-electron chi connectivity index (χ2n) is 5.74. The van der Waals surface area contributed by atoms with Crippen molar-refractivity contribution in [1.82, 2.24) is 4.90 Å². The van der Waals surface area contributed by atoms with Crippen molar-refractivity contribution in [3.05, 3.63) is 49.9 Å². The predicted octanol–water partition coefficient (Wildman–Crippen LogP) is 4.36. The number of halogens is 3. The third-order valence-electron chi connectivity index (χ3n) is 4.15. The van der Waals surface area contributed by atoms with Gasteiger partial charge in [0.2, 0.25) is 0 Å². The van der Waals surface area contributed by atoms with Crippen LogP contribution in [0.15, 0.2) is 24.3 Å². The SMILES string of the molecule is CC(=O)c1ccc(N2CCN(C(=O)c3cc(Cl)sc3Cl)CC2)c(F)c1. The van der Waals surface area contributed by atoms with Gasteiger partial charge in [0.1, 0.15) is 10.2 Å². The topological polar surface area (TPSA) is 40.6 Å². The van der Waals surface area contributed by atoms with Crippen LogP contribution in [0.2, 0.25) is 8.67 Å². The molecule has 1 aromatic carbocycles. The minimum Gasteiger partial charge on any atom is -0.366 e. The number of hydrogen-bond acceptors (Lipinski definition) is 4. The molecule has 8 heteroatoms. The maximum Gasteiger partial charge on any atom is 0.256 e. The first-order chi connectivity index (χ1) is 11.9. The fourth-order valence-corrected chi connectivity index (χ4v) is 4.24. The predicted molar refractivity (Wildman–Crippen MR) is 98.9 cm³/mol. The molecular weight excluding hydrogens is 386 g/mol. The number of thiophene rings is 1. The summed E-state index contributed by atoms with van der Waals surface area (Å²) in [7, 11) is 0. The van der Waals surface area contributed by atoms with Crippen LogP contribution in [0.1, 0.15) is 27.6 Å². The average Bonchev–Trinajstić information content (AvgIpc) is 2.92. The van der Waals surface area contributed by atoms with E-state index in [4.69, 9.17) is 23.2 Å². The fraction of sp³-hybridized carbons (Fsp3) is 0.294. The Hall–Kier alpha value is -1.63. The van der Waals surface area contributed by atoms with Crippen molar-refractivity contribution in [3.63, 3.8) is 0 Å². The number of benzene rings is 1. The number of amides is 1. The van der Waals surface area contributed by atoms with Gasteiger partial charge in [-0.1, -0.05) is 23.2 Å². The van der Waals surface area contributed by atoms with E-state index in [0.717, 1.165) is 11.3 Å². The molecule has 0 spiro atoms. The van der Waals surface area contributed by atoms with Crippen molar-refractivity contribution >= 4 is 51.9 Å². The van der Waals surface area contributed by atoms with Crippen LogP contribution in [0, 0.1) is 5.82 Å². The Balaban J connectivity index is 1.69. The molecule has 0 unspecified atom stereocenters. The van der Waals surface area contributed by atoms with Gasteiger partial charge in [-0.3, -0.25) is 9.59 Å². The van der Waals surface area contributed by atoms with Crippen molar-refractivity contribution in [1.29, 1.82) is 0 Å². The number of Topliss-reactive ketones (excluding diaryl/α,β-unsaturated/α-hetero) is 1. The zero-order valence-electron chi connectivity index (χ0n) is 13.4. The third-order valence-corrected chi connectivity index (χ3v) is 5.64. The van der Waals surface area contributed by atoms with Crippen LogP contribution in [0.3, 0.4) is 0 Å². The molecule has 1 saturated heterocycles. The van der Waals surface area contributed by atoms with E-state index in [1.165, 1.54) is 13.0 Å². The summed E-state index contributed by atoms with van der Waals surface area (Å²) in [5, 5.41) is 0. The summed E-state index contributed by atoms with van der Waals surface area (Å²) in [6.45, 7) is 3.31. The first-order valence-electron chi connectivity index (χ1n) is 7.66. The van der Waals surface area contributed by atoms with Crippen LogP contribution >= 0.6 is 34.5 Å². The molecule has 0 N–H and O–H groups in total. The fourth-order valence-electron chi connectivity index (χ4n) is 2.79. The van der Waals surface area contributed by atoms with Crippen molar-refractivity contribution in [2.45, 2.75) is 6.92 Å². The first kappa shape index (κ1) is 18.2. The first-order valence-corrected chi connectivity index (χ1v) is 9.23. The summed E-state index contributed by atoms with van der Waals surface area (Å²) in [6.07, 6.45) is 0. The zero-order valence-corrected chi connectivity index (χ0v) is 15.7. The van der Waals surface area contributed by atoms with Crippen molar-refractivity contribution in [2.24, 2.45) is 0 Å². The van der Waals surface area contributed by atoms with Crippen LogP contribution in [0.25, 0.3) is 0 Å². The second-order valence-corrected chi connectivity index (χ2v) is 8.03. The number of anilines is 1. The highest BCUT2D eigenvalue weighted by molar-refractivity contribution is 7.20. The average molecular weight is 401 g/mol. The summed E-state index contributed by atoms with van der Waals surface area (Å²) in [6, 6.07) is 6.05. The quantitative estimate of drug-likeness (QED) is 0.718. The molecule has 2 heterocycles. The third kappa shape index (κ3) is 3.81.